The molecule has 1 rings (SSSR count). The first-order valence-electron chi connectivity index (χ1n) is 5.45. The normalized spacial score (nSPS) is 10.9. The van der Waals surface area contributed by atoms with E-state index in [1.54, 1.807) is 26.2 Å². The summed E-state index contributed by atoms with van der Waals surface area (Å²) in [6, 6.07) is 7.22. The minimum absolute atomic E-state index is 0.333. The second-order valence-electron chi connectivity index (χ2n) is 3.25. The first-order chi connectivity index (χ1) is 8.71. The molecule has 0 amide bonds. The van der Waals surface area contributed by atoms with Crippen LogP contribution in [0.4, 0.5) is 0 Å². The van der Waals surface area contributed by atoms with E-state index in [2.05, 4.69) is 15.9 Å². The van der Waals surface area contributed by atoms with Gasteiger partial charge in [0.1, 0.15) is 5.76 Å². The van der Waals surface area contributed by atoms with Crippen LogP contribution in [0, 0.1) is 0 Å². The molecule has 0 unspecified atom stereocenters. The van der Waals surface area contributed by atoms with Gasteiger partial charge in [0.25, 0.3) is 0 Å². The second kappa shape index (κ2) is 7.76. The van der Waals surface area contributed by atoms with Crippen LogP contribution in [0.1, 0.15) is 6.92 Å². The van der Waals surface area contributed by atoms with Crippen LogP contribution in [0.2, 0.25) is 0 Å². The number of alkyl halides is 1. The number of rotatable bonds is 6. The first kappa shape index (κ1) is 14.6. The van der Waals surface area contributed by atoms with Gasteiger partial charge < -0.3 is 14.2 Å². The molecule has 0 aliphatic rings. The Hall–Kier alpha value is -1.49. The minimum atomic E-state index is -0.429. The fourth-order valence-electron chi connectivity index (χ4n) is 1.26. The van der Waals surface area contributed by atoms with E-state index in [0.717, 1.165) is 0 Å². The van der Waals surface area contributed by atoms with Gasteiger partial charge in [-0.25, -0.2) is 4.79 Å². The molecule has 98 valence electrons. The van der Waals surface area contributed by atoms with Crippen molar-refractivity contribution in [2.24, 2.45) is 0 Å². The molecule has 0 aromatic heterocycles. The number of allylic oxidation sites excluding steroid dienone is 1. The molecule has 0 radical (unpaired) electrons. The van der Waals surface area contributed by atoms with E-state index in [-0.39, 0.29) is 0 Å². The number of hydrogen-bond acceptors (Lipinski definition) is 4. The van der Waals surface area contributed by atoms with Gasteiger partial charge in [-0.1, -0.05) is 28.1 Å². The molecule has 0 N–H and O–H groups in total. The van der Waals surface area contributed by atoms with E-state index >= 15 is 0 Å². The van der Waals surface area contributed by atoms with Gasteiger partial charge in [-0.15, -0.1) is 0 Å². The van der Waals surface area contributed by atoms with Gasteiger partial charge in [0, 0.05) is 0 Å². The Labute approximate surface area is 115 Å². The average molecular weight is 315 g/mol. The van der Waals surface area contributed by atoms with Gasteiger partial charge in [-0.05, 0) is 19.1 Å². The molecule has 0 aliphatic heterocycles. The van der Waals surface area contributed by atoms with Gasteiger partial charge >= 0.3 is 5.97 Å². The van der Waals surface area contributed by atoms with E-state index in [9.17, 15) is 4.79 Å². The fraction of sp³-hybridized carbons (Fsp3) is 0.308. The molecule has 1 aromatic carbocycles. The third-order valence-electron chi connectivity index (χ3n) is 2.01. The zero-order valence-corrected chi connectivity index (χ0v) is 11.9. The summed E-state index contributed by atoms with van der Waals surface area (Å²) < 4.78 is 15.6. The Morgan fingerprint density at radius 2 is 2.00 bits per heavy atom. The molecule has 0 saturated heterocycles. The first-order valence-corrected chi connectivity index (χ1v) is 6.57. The zero-order chi connectivity index (χ0) is 13.4. The molecule has 1 aromatic rings. The van der Waals surface area contributed by atoms with Crippen LogP contribution in [0.3, 0.4) is 0 Å². The van der Waals surface area contributed by atoms with Crippen LogP contribution < -0.4 is 9.47 Å². The summed E-state index contributed by atoms with van der Waals surface area (Å²) in [7, 11) is 1.56. The zero-order valence-electron chi connectivity index (χ0n) is 10.3. The van der Waals surface area contributed by atoms with Gasteiger partial charge in [-0.3, -0.25) is 0 Å². The molecule has 4 nitrogen and oxygen atoms in total. The monoisotopic (exact) mass is 314 g/mol. The maximum absolute atomic E-state index is 11.3. The lowest BCUT2D eigenvalue weighted by Crippen LogP contribution is -2.05. The summed E-state index contributed by atoms with van der Waals surface area (Å²) >= 11 is 3.26. The van der Waals surface area contributed by atoms with Crippen molar-refractivity contribution in [1.29, 1.82) is 0 Å². The van der Waals surface area contributed by atoms with Crippen molar-refractivity contribution >= 4 is 21.9 Å². The summed E-state index contributed by atoms with van der Waals surface area (Å²) in [5.41, 5.74) is 0. The minimum Gasteiger partial charge on any atom is -0.493 e. The molecule has 0 aliphatic carbocycles. The Morgan fingerprint density at radius 1 is 1.33 bits per heavy atom. The Kier molecular flexibility index (Phi) is 6.28. The molecular formula is C13H15BrO4. The number of hydrogen-bond donors (Lipinski definition) is 0. The molecule has 0 atom stereocenters. The molecule has 18 heavy (non-hydrogen) atoms. The van der Waals surface area contributed by atoms with Crippen molar-refractivity contribution in [1.82, 2.24) is 0 Å². The summed E-state index contributed by atoms with van der Waals surface area (Å²) in [6.07, 6.45) is 1.31. The highest BCUT2D eigenvalue weighted by Crippen LogP contribution is 2.27. The summed E-state index contributed by atoms with van der Waals surface area (Å²) in [4.78, 5) is 11.3. The van der Waals surface area contributed by atoms with Crippen LogP contribution in [0.15, 0.2) is 36.1 Å². The number of para-hydroxylation sites is 2. The largest absolute Gasteiger partial charge is 0.493 e. The highest BCUT2D eigenvalue weighted by molar-refractivity contribution is 9.09. The van der Waals surface area contributed by atoms with Crippen molar-refractivity contribution in [2.45, 2.75) is 6.92 Å². The van der Waals surface area contributed by atoms with Crippen molar-refractivity contribution < 1.29 is 19.0 Å². The van der Waals surface area contributed by atoms with E-state index in [1.807, 2.05) is 12.1 Å². The van der Waals surface area contributed by atoms with E-state index in [4.69, 9.17) is 14.2 Å². The van der Waals surface area contributed by atoms with Crippen LogP contribution >= 0.6 is 15.9 Å². The lowest BCUT2D eigenvalue weighted by Gasteiger charge is -2.11. The molecule has 0 fully saturated rings. The summed E-state index contributed by atoms with van der Waals surface area (Å²) in [6.45, 7) is 2.08. The predicted octanol–water partition coefficient (Wildman–Crippen LogP) is 2.92. The maximum atomic E-state index is 11.3. The van der Waals surface area contributed by atoms with Gasteiger partial charge in [-0.2, -0.15) is 0 Å². The van der Waals surface area contributed by atoms with Crippen LogP contribution in [0.5, 0.6) is 11.5 Å². The van der Waals surface area contributed by atoms with Crippen molar-refractivity contribution in [2.75, 3.05) is 19.0 Å². The average Bonchev–Trinajstić information content (AvgIpc) is 2.38. The van der Waals surface area contributed by atoms with E-state index in [0.29, 0.717) is 29.2 Å². The molecule has 0 heterocycles. The number of carbonyl (C=O) groups excluding carboxylic acids is 1. The predicted molar refractivity (Wildman–Crippen MR) is 72.1 cm³/mol. The third kappa shape index (κ3) is 4.41. The van der Waals surface area contributed by atoms with Crippen LogP contribution in [-0.4, -0.2) is 25.0 Å². The molecule has 5 heteroatoms. The summed E-state index contributed by atoms with van der Waals surface area (Å²) in [5, 5.41) is 0.407. The second-order valence-corrected chi connectivity index (χ2v) is 3.81. The Morgan fingerprint density at radius 3 is 2.56 bits per heavy atom. The maximum Gasteiger partial charge on any atom is 0.334 e. The number of carbonyl (C=O) groups is 1. The number of methoxy groups -OCH3 is 1. The van der Waals surface area contributed by atoms with Crippen LogP contribution in [0.25, 0.3) is 0 Å². The number of halogens is 1. The quantitative estimate of drug-likeness (QED) is 0.350. The molecule has 0 saturated carbocycles. The third-order valence-corrected chi connectivity index (χ3v) is 2.56. The topological polar surface area (TPSA) is 44.8 Å². The summed E-state index contributed by atoms with van der Waals surface area (Å²) in [5.74, 6) is 1.18. The Balaban J connectivity index is 2.82. The number of esters is 1. The number of benzene rings is 1. The number of ether oxygens (including phenoxy) is 3. The van der Waals surface area contributed by atoms with Crippen LogP contribution in [-0.2, 0) is 9.53 Å². The highest BCUT2D eigenvalue weighted by atomic mass is 79.9. The van der Waals surface area contributed by atoms with E-state index in [1.165, 1.54) is 6.08 Å². The lowest BCUT2D eigenvalue weighted by atomic mass is 10.3. The molecule has 0 spiro atoms. The SMILES string of the molecule is CCOC(=O)C=C(CBr)Oc1ccccc1OC. The molecular weight excluding hydrogens is 300 g/mol. The van der Waals surface area contributed by atoms with Gasteiger partial charge in [0.2, 0.25) is 0 Å². The standard InChI is InChI=1S/C13H15BrO4/c1-3-17-13(15)8-10(9-14)18-12-7-5-4-6-11(12)16-2/h4-8H,3,9H2,1-2H3. The lowest BCUT2D eigenvalue weighted by molar-refractivity contribution is -0.137. The van der Waals surface area contributed by atoms with Crippen molar-refractivity contribution in [3.05, 3.63) is 36.1 Å². The van der Waals surface area contributed by atoms with Crippen molar-refractivity contribution in [3.8, 4) is 11.5 Å². The van der Waals surface area contributed by atoms with E-state index < -0.39 is 5.97 Å². The van der Waals surface area contributed by atoms with Crippen molar-refractivity contribution in [3.63, 3.8) is 0 Å². The van der Waals surface area contributed by atoms with Gasteiger partial charge in [0.05, 0.1) is 25.1 Å². The fourth-order valence-corrected chi connectivity index (χ4v) is 1.53. The highest BCUT2D eigenvalue weighted by Gasteiger charge is 2.08. The smallest absolute Gasteiger partial charge is 0.334 e. The molecule has 0 bridgehead atoms. The Bertz CT molecular complexity index is 429. The van der Waals surface area contributed by atoms with Gasteiger partial charge in [0.15, 0.2) is 11.5 Å².